The molecule has 536 valence electrons. The first-order valence-corrected chi connectivity index (χ1v) is 36.2. The summed E-state index contributed by atoms with van der Waals surface area (Å²) in [5.74, 6) is 0.498. The second-order valence-corrected chi connectivity index (χ2v) is 27.0. The van der Waals surface area contributed by atoms with Gasteiger partial charge in [0.05, 0.1) is 44.7 Å². The van der Waals surface area contributed by atoms with Gasteiger partial charge >= 0.3 is 11.4 Å². The Morgan fingerprint density at radius 1 is 0.435 bits per heavy atom. The first-order chi connectivity index (χ1) is 44.6. The fourth-order valence-corrected chi connectivity index (χ4v) is 13.4. The monoisotopic (exact) mass is 1320 g/mol. The van der Waals surface area contributed by atoms with Crippen LogP contribution in [0.3, 0.4) is 0 Å². The Balaban J connectivity index is 1.02. The molecule has 2 saturated heterocycles. The first kappa shape index (κ1) is 79.8. The van der Waals surface area contributed by atoms with Gasteiger partial charge in [-0.05, 0) is 71.7 Å². The minimum atomic E-state index is -1.71. The summed E-state index contributed by atoms with van der Waals surface area (Å²) in [4.78, 5) is 27.8. The topological polar surface area (TPSA) is 385 Å². The molecule has 16 atom stereocenters. The highest BCUT2D eigenvalue weighted by Crippen LogP contribution is 2.35. The van der Waals surface area contributed by atoms with Crippen molar-refractivity contribution in [2.24, 2.45) is 5.92 Å². The third kappa shape index (κ3) is 26.5. The number of ether oxygens (including phenoxy) is 4. The van der Waals surface area contributed by atoms with E-state index in [-0.39, 0.29) is 25.4 Å². The molecule has 92 heavy (non-hydrogen) atoms. The van der Waals surface area contributed by atoms with Crippen molar-refractivity contribution in [1.82, 2.24) is 39.6 Å². The number of tetrazole rings is 2. The summed E-state index contributed by atoms with van der Waals surface area (Å²) in [5, 5.41) is 144. The van der Waals surface area contributed by atoms with Gasteiger partial charge in [-0.1, -0.05) is 219 Å². The minimum Gasteiger partial charge on any atom is -0.394 e. The normalized spacial score (nSPS) is 26.7. The molecule has 2 aromatic rings. The second-order valence-electron chi connectivity index (χ2n) is 27.0. The third-order valence-corrected chi connectivity index (χ3v) is 19.7. The first-order valence-electron chi connectivity index (χ1n) is 36.2. The van der Waals surface area contributed by atoms with Crippen molar-refractivity contribution in [2.75, 3.05) is 26.4 Å². The van der Waals surface area contributed by atoms with Crippen LogP contribution in [0.5, 0.6) is 0 Å². The van der Waals surface area contributed by atoms with Crippen LogP contribution in [0.2, 0.25) is 0 Å². The van der Waals surface area contributed by atoms with Gasteiger partial charge < -0.3 is 80.2 Å². The lowest BCUT2D eigenvalue weighted by Gasteiger charge is -2.40. The van der Waals surface area contributed by atoms with Crippen LogP contribution in [0, 0.1) is 5.92 Å². The predicted octanol–water partition coefficient (Wildman–Crippen LogP) is 5.48. The largest absolute Gasteiger partial charge is 0.394 e. The van der Waals surface area contributed by atoms with Crippen LogP contribution >= 0.6 is 0 Å². The van der Waals surface area contributed by atoms with E-state index in [1.165, 1.54) is 112 Å². The Kier molecular flexibility index (Phi) is 39.5. The van der Waals surface area contributed by atoms with Gasteiger partial charge in [-0.15, -0.1) is 0 Å². The van der Waals surface area contributed by atoms with Gasteiger partial charge in [0, 0.05) is 6.54 Å². The Labute approximate surface area is 546 Å². The molecule has 10 unspecified atom stereocenters. The molecule has 0 spiro atoms. The fraction of sp³-hybridized carbons (Fsp3) is 0.970. The van der Waals surface area contributed by atoms with Crippen LogP contribution < -0.4 is 11.4 Å². The van der Waals surface area contributed by atoms with Gasteiger partial charge in [0.15, 0.2) is 12.6 Å². The SMILES string of the molecule is CCCCCCCCCCCCCC[C@@H](O)[C@@H](O)[C@H](COC1OC(CO)C(O)C(O)C1O)n1nnn(CCCCCCCCCCC2CCC(n3nnn([C@@H](COC4OC(CO)C(O)C(O)C4O)[C@H](O)[C@H](O)CCCCCCCCCCCCCC)c3=O)CC2)c1=O. The summed E-state index contributed by atoms with van der Waals surface area (Å²) >= 11 is 0. The Bertz CT molecular complexity index is 2290. The van der Waals surface area contributed by atoms with Crippen molar-refractivity contribution in [3.05, 3.63) is 21.0 Å². The van der Waals surface area contributed by atoms with E-state index in [9.17, 15) is 70.9 Å². The number of unbranched alkanes of at least 4 members (excludes halogenated alkanes) is 29. The smallest absolute Gasteiger partial charge is 0.364 e. The summed E-state index contributed by atoms with van der Waals surface area (Å²) in [6.07, 6.45) is 19.0. The van der Waals surface area contributed by atoms with Crippen molar-refractivity contribution in [1.29, 1.82) is 0 Å². The van der Waals surface area contributed by atoms with E-state index < -0.39 is 136 Å². The number of nitrogens with zero attached hydrogens (tertiary/aromatic N) is 8. The predicted molar refractivity (Wildman–Crippen MR) is 344 cm³/mol. The molecular weight excluding hydrogens is 1190 g/mol. The lowest BCUT2D eigenvalue weighted by Crippen LogP contribution is -2.59. The second kappa shape index (κ2) is 45.6. The number of aryl methyl sites for hydroxylation is 1. The number of aliphatic hydroxyl groups excluding tert-OH is 12. The summed E-state index contributed by atoms with van der Waals surface area (Å²) < 4.78 is 27.2. The number of aromatic nitrogens is 8. The van der Waals surface area contributed by atoms with Crippen LogP contribution in [-0.2, 0) is 25.5 Å². The Morgan fingerprint density at radius 3 is 1.20 bits per heavy atom. The van der Waals surface area contributed by atoms with Crippen LogP contribution in [0.25, 0.3) is 0 Å². The molecule has 12 N–H and O–H groups in total. The Morgan fingerprint density at radius 2 is 0.793 bits per heavy atom. The highest BCUT2D eigenvalue weighted by atomic mass is 16.7. The van der Waals surface area contributed by atoms with E-state index in [0.717, 1.165) is 112 Å². The molecule has 5 rings (SSSR count). The molecule has 3 aliphatic rings. The van der Waals surface area contributed by atoms with Gasteiger partial charge in [0.1, 0.15) is 73.1 Å². The van der Waals surface area contributed by atoms with Crippen LogP contribution in [0.1, 0.15) is 282 Å². The van der Waals surface area contributed by atoms with Crippen molar-refractivity contribution >= 4 is 0 Å². The van der Waals surface area contributed by atoms with Crippen LogP contribution in [0.15, 0.2) is 9.59 Å². The summed E-state index contributed by atoms with van der Waals surface area (Å²) in [6, 6.07) is -2.72. The van der Waals surface area contributed by atoms with E-state index in [4.69, 9.17) is 18.9 Å². The van der Waals surface area contributed by atoms with Gasteiger partial charge in [0.2, 0.25) is 0 Å². The van der Waals surface area contributed by atoms with Gasteiger partial charge in [-0.2, -0.15) is 18.7 Å². The zero-order valence-electron chi connectivity index (χ0n) is 55.9. The quantitative estimate of drug-likeness (QED) is 0.0365. The van der Waals surface area contributed by atoms with E-state index in [1.54, 1.807) is 0 Å². The number of hydrogen-bond acceptors (Lipinski definition) is 22. The van der Waals surface area contributed by atoms with Crippen LogP contribution in [-0.4, -0.2) is 213 Å². The van der Waals surface area contributed by atoms with E-state index in [1.807, 2.05) is 0 Å². The molecule has 2 aliphatic heterocycles. The molecule has 0 amide bonds. The maximum absolute atomic E-state index is 14.1. The van der Waals surface area contributed by atoms with Gasteiger partial charge in [-0.25, -0.2) is 9.59 Å². The molecular formula is C66H124N8O18. The molecule has 3 fully saturated rings. The summed E-state index contributed by atoms with van der Waals surface area (Å²) in [6.45, 7) is 2.45. The zero-order chi connectivity index (χ0) is 66.6. The zero-order valence-corrected chi connectivity index (χ0v) is 55.9. The third-order valence-electron chi connectivity index (χ3n) is 19.7. The highest BCUT2D eigenvalue weighted by Gasteiger charge is 2.47. The summed E-state index contributed by atoms with van der Waals surface area (Å²) in [7, 11) is 0. The van der Waals surface area contributed by atoms with E-state index in [2.05, 4.69) is 34.7 Å². The van der Waals surface area contributed by atoms with E-state index in [0.29, 0.717) is 38.0 Å². The molecule has 0 radical (unpaired) electrons. The van der Waals surface area contributed by atoms with Crippen molar-refractivity contribution in [3.63, 3.8) is 0 Å². The molecule has 1 saturated carbocycles. The number of rotatable bonds is 52. The van der Waals surface area contributed by atoms with Crippen molar-refractivity contribution < 1.29 is 80.2 Å². The molecule has 0 aromatic carbocycles. The minimum absolute atomic E-state index is 0.219. The lowest BCUT2D eigenvalue weighted by atomic mass is 9.83. The average molecular weight is 1320 g/mol. The fourth-order valence-electron chi connectivity index (χ4n) is 13.4. The highest BCUT2D eigenvalue weighted by molar-refractivity contribution is 4.92. The van der Waals surface area contributed by atoms with Crippen LogP contribution in [0.4, 0.5) is 0 Å². The van der Waals surface area contributed by atoms with E-state index >= 15 is 0 Å². The molecule has 26 heteroatoms. The lowest BCUT2D eigenvalue weighted by molar-refractivity contribution is -0.304. The Hall–Kier alpha value is -2.90. The molecule has 0 bridgehead atoms. The standard InChI is InChI=1S/C66H124N8O18/c1-3-5-7-9-11-13-15-17-19-24-28-32-36-51(77)55(79)49(45-89-63-61(85)59(83)57(81)53(43-75)91-63)73-65(87)71(67-68-73)42-34-30-26-22-21-23-27-31-35-47-38-40-48(41-39-47)72-66(88)74(70-69-72)50(46-90-64-62(86)60(84)58(82)54(44-76)92-64)56(80)52(78)37-33-29-25-20-18-16-14-12-10-8-6-4-2/h47-64,75-86H,3-46H2,1-2H3/t47?,48?,49-,50-,51+,52+,53?,54?,55-,56-,57?,58?,59?,60?,61?,62?,63?,64?/m0/s1. The number of aliphatic hydroxyl groups is 12. The van der Waals surface area contributed by atoms with Crippen molar-refractivity contribution in [3.8, 4) is 0 Å². The molecule has 26 nitrogen and oxygen atoms in total. The number of hydrogen-bond donors (Lipinski definition) is 12. The average Bonchev–Trinajstić information content (AvgIpc) is 1.52. The molecule has 1 aliphatic carbocycles. The van der Waals surface area contributed by atoms with Gasteiger partial charge in [0.25, 0.3) is 0 Å². The van der Waals surface area contributed by atoms with Crippen molar-refractivity contribution in [2.45, 2.75) is 375 Å². The molecule has 4 heterocycles. The maximum atomic E-state index is 14.1. The van der Waals surface area contributed by atoms with Gasteiger partial charge in [-0.3, -0.25) is 0 Å². The maximum Gasteiger partial charge on any atom is 0.364 e. The summed E-state index contributed by atoms with van der Waals surface area (Å²) in [5.41, 5.74) is -1.19. The molecule has 2 aromatic heterocycles.